The highest BCUT2D eigenvalue weighted by molar-refractivity contribution is 6.43. The van der Waals surface area contributed by atoms with Gasteiger partial charge in [0.15, 0.2) is 0 Å². The van der Waals surface area contributed by atoms with Crippen LogP contribution in [0.25, 0.3) is 5.69 Å². The van der Waals surface area contributed by atoms with Gasteiger partial charge in [-0.25, -0.2) is 4.68 Å². The summed E-state index contributed by atoms with van der Waals surface area (Å²) in [5.41, 5.74) is -2.11. The first-order chi connectivity index (χ1) is 8.70. The lowest BCUT2D eigenvalue weighted by Gasteiger charge is -2.07. The maximum Gasteiger partial charge on any atom is 0.432 e. The van der Waals surface area contributed by atoms with Crippen LogP contribution < -0.4 is 5.56 Å². The fourth-order valence-electron chi connectivity index (χ4n) is 1.40. The molecule has 2 rings (SSSR count). The molecule has 1 aromatic heterocycles. The monoisotopic (exact) mass is 330 g/mol. The molecule has 0 radical (unpaired) electrons. The number of halogens is 6. The number of hydrogen-bond acceptors (Lipinski definition) is 1. The Kier molecular flexibility index (Phi) is 3.59. The summed E-state index contributed by atoms with van der Waals surface area (Å²) in [5, 5.41) is 2.11. The fourth-order valence-corrected chi connectivity index (χ4v) is 2.03. The van der Waals surface area contributed by atoms with Crippen molar-refractivity contribution in [1.29, 1.82) is 0 Å². The van der Waals surface area contributed by atoms with Gasteiger partial charge in [-0.15, -0.1) is 0 Å². The molecule has 0 unspecified atom stereocenters. The van der Waals surface area contributed by atoms with E-state index in [0.717, 1.165) is 0 Å². The van der Waals surface area contributed by atoms with Crippen LogP contribution >= 0.6 is 34.8 Å². The van der Waals surface area contributed by atoms with E-state index >= 15 is 0 Å². The van der Waals surface area contributed by atoms with E-state index in [2.05, 4.69) is 0 Å². The molecule has 1 N–H and O–H groups in total. The maximum absolute atomic E-state index is 12.5. The van der Waals surface area contributed by atoms with Gasteiger partial charge in [0.1, 0.15) is 5.69 Å². The molecule has 0 fully saturated rings. The van der Waals surface area contributed by atoms with Crippen molar-refractivity contribution in [2.75, 3.05) is 0 Å². The predicted octanol–water partition coefficient (Wildman–Crippen LogP) is 4.14. The van der Waals surface area contributed by atoms with Crippen molar-refractivity contribution in [2.45, 2.75) is 6.18 Å². The quantitative estimate of drug-likeness (QED) is 0.783. The largest absolute Gasteiger partial charge is 0.432 e. The van der Waals surface area contributed by atoms with Crippen molar-refractivity contribution >= 4 is 34.8 Å². The topological polar surface area (TPSA) is 37.8 Å². The molecular formula is C10H4Cl3F3N2O. The lowest BCUT2D eigenvalue weighted by molar-refractivity contribution is -0.141. The molecule has 19 heavy (non-hydrogen) atoms. The van der Waals surface area contributed by atoms with Crippen LogP contribution in [0.4, 0.5) is 13.2 Å². The van der Waals surface area contributed by atoms with E-state index < -0.39 is 17.4 Å². The van der Waals surface area contributed by atoms with Crippen molar-refractivity contribution in [3.05, 3.63) is 49.3 Å². The van der Waals surface area contributed by atoms with E-state index in [4.69, 9.17) is 34.8 Å². The third-order valence-corrected chi connectivity index (χ3v) is 3.28. The second-order valence-electron chi connectivity index (χ2n) is 3.56. The van der Waals surface area contributed by atoms with Crippen molar-refractivity contribution in [1.82, 2.24) is 9.78 Å². The zero-order chi connectivity index (χ0) is 14.4. The highest BCUT2D eigenvalue weighted by Crippen LogP contribution is 2.31. The molecule has 1 heterocycles. The summed E-state index contributed by atoms with van der Waals surface area (Å²) in [6.07, 6.45) is -4.66. The Morgan fingerprint density at radius 1 is 1.00 bits per heavy atom. The summed E-state index contributed by atoms with van der Waals surface area (Å²) in [5.74, 6) is 0. The van der Waals surface area contributed by atoms with Crippen LogP contribution in [-0.2, 0) is 6.18 Å². The summed E-state index contributed by atoms with van der Waals surface area (Å²) >= 11 is 17.3. The van der Waals surface area contributed by atoms with Crippen LogP contribution in [0.3, 0.4) is 0 Å². The Morgan fingerprint density at radius 3 is 2.11 bits per heavy atom. The van der Waals surface area contributed by atoms with E-state index in [1.54, 1.807) is 0 Å². The number of hydrogen-bond donors (Lipinski definition) is 1. The summed E-state index contributed by atoms with van der Waals surface area (Å²) in [4.78, 5) is 11.5. The SMILES string of the molecule is O=c1cc(C(F)(F)F)[nH]n1-c1cc(Cl)c(Cl)cc1Cl. The first-order valence-electron chi connectivity index (χ1n) is 4.74. The van der Waals surface area contributed by atoms with Crippen molar-refractivity contribution < 1.29 is 13.2 Å². The second kappa shape index (κ2) is 4.77. The van der Waals surface area contributed by atoms with Gasteiger partial charge in [0.25, 0.3) is 5.56 Å². The predicted molar refractivity (Wildman–Crippen MR) is 66.4 cm³/mol. The molecule has 0 saturated heterocycles. The minimum atomic E-state index is -4.66. The molecule has 3 nitrogen and oxygen atoms in total. The van der Waals surface area contributed by atoms with E-state index in [1.165, 1.54) is 12.1 Å². The van der Waals surface area contributed by atoms with E-state index in [0.29, 0.717) is 10.7 Å². The van der Waals surface area contributed by atoms with Crippen LogP contribution in [0, 0.1) is 0 Å². The van der Waals surface area contributed by atoms with Crippen molar-refractivity contribution in [3.8, 4) is 5.69 Å². The number of alkyl halides is 3. The zero-order valence-corrected chi connectivity index (χ0v) is 11.1. The molecule has 0 saturated carbocycles. The van der Waals surface area contributed by atoms with Crippen LogP contribution in [0.1, 0.15) is 5.69 Å². The molecule has 0 atom stereocenters. The molecule has 0 aliphatic carbocycles. The fraction of sp³-hybridized carbons (Fsp3) is 0.100. The minimum Gasteiger partial charge on any atom is -0.286 e. The van der Waals surface area contributed by atoms with E-state index in [1.807, 2.05) is 5.10 Å². The summed E-state index contributed by atoms with van der Waals surface area (Å²) < 4.78 is 38.1. The molecule has 0 spiro atoms. The lowest BCUT2D eigenvalue weighted by atomic mass is 10.3. The van der Waals surface area contributed by atoms with Gasteiger partial charge in [-0.3, -0.25) is 9.89 Å². The number of rotatable bonds is 1. The van der Waals surface area contributed by atoms with Crippen molar-refractivity contribution in [3.63, 3.8) is 0 Å². The minimum absolute atomic E-state index is 0.00734. The van der Waals surface area contributed by atoms with Crippen LogP contribution in [0.15, 0.2) is 23.0 Å². The molecule has 0 aliphatic heterocycles. The van der Waals surface area contributed by atoms with Crippen LogP contribution in [0.5, 0.6) is 0 Å². The van der Waals surface area contributed by atoms with Crippen LogP contribution in [0.2, 0.25) is 15.1 Å². The van der Waals surface area contributed by atoms with Crippen LogP contribution in [-0.4, -0.2) is 9.78 Å². The van der Waals surface area contributed by atoms with Gasteiger partial charge < -0.3 is 0 Å². The highest BCUT2D eigenvalue weighted by atomic mass is 35.5. The van der Waals surface area contributed by atoms with E-state index in [9.17, 15) is 18.0 Å². The first-order valence-corrected chi connectivity index (χ1v) is 5.87. The molecule has 0 aliphatic rings. The number of aromatic nitrogens is 2. The average molecular weight is 332 g/mol. The Balaban J connectivity index is 2.64. The third kappa shape index (κ3) is 2.75. The first kappa shape index (κ1) is 14.3. The summed E-state index contributed by atoms with van der Waals surface area (Å²) in [6.45, 7) is 0. The average Bonchev–Trinajstić information content (AvgIpc) is 2.65. The zero-order valence-electron chi connectivity index (χ0n) is 8.86. The van der Waals surface area contributed by atoms with Gasteiger partial charge in [0.2, 0.25) is 0 Å². The van der Waals surface area contributed by atoms with Gasteiger partial charge in [-0.1, -0.05) is 34.8 Å². The summed E-state index contributed by atoms with van der Waals surface area (Å²) in [6, 6.07) is 2.87. The number of nitrogens with zero attached hydrogens (tertiary/aromatic N) is 1. The van der Waals surface area contributed by atoms with Gasteiger partial charge in [0.05, 0.1) is 20.8 Å². The molecule has 102 valence electrons. The van der Waals surface area contributed by atoms with Crippen molar-refractivity contribution in [2.24, 2.45) is 0 Å². The molecular weight excluding hydrogens is 327 g/mol. The maximum atomic E-state index is 12.5. The van der Waals surface area contributed by atoms with Gasteiger partial charge in [0, 0.05) is 6.07 Å². The normalized spacial score (nSPS) is 11.9. The van der Waals surface area contributed by atoms with Gasteiger partial charge >= 0.3 is 6.18 Å². The number of benzene rings is 1. The van der Waals surface area contributed by atoms with Gasteiger partial charge in [-0.05, 0) is 12.1 Å². The Hall–Kier alpha value is -1.11. The third-order valence-electron chi connectivity index (χ3n) is 2.26. The molecule has 9 heteroatoms. The van der Waals surface area contributed by atoms with E-state index in [-0.39, 0.29) is 20.8 Å². The molecule has 2 aromatic rings. The second-order valence-corrected chi connectivity index (χ2v) is 4.78. The molecule has 0 amide bonds. The summed E-state index contributed by atoms with van der Waals surface area (Å²) in [7, 11) is 0. The number of aromatic amines is 1. The highest BCUT2D eigenvalue weighted by Gasteiger charge is 2.33. The Labute approximate surface area is 119 Å². The Bertz CT molecular complexity index is 690. The number of nitrogens with one attached hydrogen (secondary N) is 1. The smallest absolute Gasteiger partial charge is 0.286 e. The standard InChI is InChI=1S/C10H4Cl3F3N2O/c11-4-1-6(13)7(2-5(4)12)18-9(19)3-8(17-18)10(14,15)16/h1-3,17H. The molecule has 1 aromatic carbocycles. The Morgan fingerprint density at radius 2 is 1.58 bits per heavy atom. The lowest BCUT2D eigenvalue weighted by Crippen LogP contribution is -2.14. The van der Waals surface area contributed by atoms with Gasteiger partial charge in [-0.2, -0.15) is 13.2 Å². The number of H-pyrrole nitrogens is 1. The molecule has 0 bridgehead atoms.